The van der Waals surface area contributed by atoms with Crippen molar-refractivity contribution in [2.75, 3.05) is 17.7 Å². The fraction of sp³-hybridized carbons (Fsp3) is 0.143. The molecule has 0 bridgehead atoms. The van der Waals surface area contributed by atoms with Gasteiger partial charge in [0, 0.05) is 23.3 Å². The van der Waals surface area contributed by atoms with Gasteiger partial charge in [0.2, 0.25) is 11.0 Å². The maximum Gasteiger partial charge on any atom is 0.237 e. The molecule has 0 fully saturated rings. The fourth-order valence-electron chi connectivity index (χ4n) is 2.78. The zero-order valence-electron chi connectivity index (χ0n) is 16.3. The van der Waals surface area contributed by atoms with E-state index in [0.717, 1.165) is 28.0 Å². The van der Waals surface area contributed by atoms with Crippen molar-refractivity contribution in [2.24, 2.45) is 0 Å². The first-order chi connectivity index (χ1) is 14.6. The first kappa shape index (κ1) is 20.1. The molecule has 0 radical (unpaired) electrons. The molecule has 152 valence electrons. The van der Waals surface area contributed by atoms with Crippen LogP contribution < -0.4 is 15.4 Å². The van der Waals surface area contributed by atoms with Crippen LogP contribution in [0.25, 0.3) is 10.9 Å². The number of fused-ring (bicyclic) bond motifs is 1. The van der Waals surface area contributed by atoms with Crippen LogP contribution in [-0.4, -0.2) is 33.4 Å². The fourth-order valence-corrected chi connectivity index (χ4v) is 4.70. The van der Waals surface area contributed by atoms with E-state index in [2.05, 4.69) is 25.8 Å². The van der Waals surface area contributed by atoms with Gasteiger partial charge in [0.05, 0.1) is 23.6 Å². The van der Waals surface area contributed by atoms with Gasteiger partial charge in [-0.25, -0.2) is 0 Å². The van der Waals surface area contributed by atoms with Crippen molar-refractivity contribution in [1.29, 1.82) is 0 Å². The SMILES string of the molecule is COc1cccc(Nc2nnc(SC(C)C(=O)Nc3cccc4ncccc34)s2)c1. The summed E-state index contributed by atoms with van der Waals surface area (Å²) in [7, 11) is 1.63. The molecule has 9 heteroatoms. The molecule has 7 nitrogen and oxygen atoms in total. The summed E-state index contributed by atoms with van der Waals surface area (Å²) in [6, 6.07) is 17.0. The van der Waals surface area contributed by atoms with E-state index in [1.807, 2.05) is 61.5 Å². The van der Waals surface area contributed by atoms with Crippen LogP contribution in [0.4, 0.5) is 16.5 Å². The van der Waals surface area contributed by atoms with E-state index in [1.165, 1.54) is 23.1 Å². The largest absolute Gasteiger partial charge is 0.497 e. The van der Waals surface area contributed by atoms with Crippen LogP contribution in [-0.2, 0) is 4.79 Å². The molecule has 0 saturated carbocycles. The third-order valence-electron chi connectivity index (χ3n) is 4.28. The van der Waals surface area contributed by atoms with Gasteiger partial charge in [0.1, 0.15) is 5.75 Å². The summed E-state index contributed by atoms with van der Waals surface area (Å²) >= 11 is 2.76. The Labute approximate surface area is 181 Å². The van der Waals surface area contributed by atoms with Gasteiger partial charge in [0.25, 0.3) is 0 Å². The van der Waals surface area contributed by atoms with E-state index in [1.54, 1.807) is 13.3 Å². The molecule has 4 rings (SSSR count). The lowest BCUT2D eigenvalue weighted by atomic mass is 10.2. The minimum atomic E-state index is -0.338. The highest BCUT2D eigenvalue weighted by Gasteiger charge is 2.18. The number of ether oxygens (including phenoxy) is 1. The lowest BCUT2D eigenvalue weighted by Crippen LogP contribution is -2.22. The summed E-state index contributed by atoms with van der Waals surface area (Å²) < 4.78 is 5.94. The van der Waals surface area contributed by atoms with Crippen LogP contribution in [0.15, 0.2) is 65.1 Å². The van der Waals surface area contributed by atoms with Gasteiger partial charge in [0.15, 0.2) is 4.34 Å². The third-order valence-corrected chi connectivity index (χ3v) is 6.30. The van der Waals surface area contributed by atoms with Crippen LogP contribution >= 0.6 is 23.1 Å². The first-order valence-electron chi connectivity index (χ1n) is 9.18. The van der Waals surface area contributed by atoms with Gasteiger partial charge < -0.3 is 15.4 Å². The predicted octanol–water partition coefficient (Wildman–Crippen LogP) is 4.96. The molecule has 1 atom stereocenters. The number of benzene rings is 2. The molecule has 4 aromatic rings. The highest BCUT2D eigenvalue weighted by molar-refractivity contribution is 8.02. The number of carbonyl (C=O) groups excluding carboxylic acids is 1. The monoisotopic (exact) mass is 437 g/mol. The molecule has 0 saturated heterocycles. The summed E-state index contributed by atoms with van der Waals surface area (Å²) in [5.41, 5.74) is 2.45. The molecule has 0 aliphatic rings. The number of hydrogen-bond acceptors (Lipinski definition) is 8. The number of hydrogen-bond donors (Lipinski definition) is 2. The van der Waals surface area contributed by atoms with E-state index in [4.69, 9.17) is 4.74 Å². The molecule has 2 aromatic carbocycles. The molecule has 0 aliphatic heterocycles. The number of aromatic nitrogens is 3. The number of amides is 1. The van der Waals surface area contributed by atoms with Crippen molar-refractivity contribution in [1.82, 2.24) is 15.2 Å². The van der Waals surface area contributed by atoms with Crippen LogP contribution in [0.5, 0.6) is 5.75 Å². The summed E-state index contributed by atoms with van der Waals surface area (Å²) in [5.74, 6) is 0.655. The molecule has 2 heterocycles. The van der Waals surface area contributed by atoms with Crippen molar-refractivity contribution >= 4 is 56.4 Å². The van der Waals surface area contributed by atoms with Gasteiger partial charge in [-0.1, -0.05) is 35.2 Å². The molecule has 0 spiro atoms. The lowest BCUT2D eigenvalue weighted by molar-refractivity contribution is -0.115. The van der Waals surface area contributed by atoms with Gasteiger partial charge in [-0.2, -0.15) is 0 Å². The van der Waals surface area contributed by atoms with Gasteiger partial charge in [-0.05, 0) is 43.3 Å². The average Bonchev–Trinajstić information content (AvgIpc) is 3.20. The molecule has 1 unspecified atom stereocenters. The number of pyridine rings is 1. The minimum Gasteiger partial charge on any atom is -0.497 e. The summed E-state index contributed by atoms with van der Waals surface area (Å²) in [5, 5.41) is 15.8. The van der Waals surface area contributed by atoms with Crippen molar-refractivity contribution in [3.63, 3.8) is 0 Å². The minimum absolute atomic E-state index is 0.103. The Hall–Kier alpha value is -3.17. The number of nitrogens with one attached hydrogen (secondary N) is 2. The van der Waals surface area contributed by atoms with E-state index < -0.39 is 0 Å². The maximum atomic E-state index is 12.7. The standard InChI is InChI=1S/C21H19N5O2S2/c1-13(19(27)24-18-10-4-9-17-16(18)8-5-11-22-17)29-21-26-25-20(30-21)23-14-6-3-7-15(12-14)28-2/h3-13H,1-2H3,(H,23,25)(H,24,27). The lowest BCUT2D eigenvalue weighted by Gasteiger charge is -2.12. The Kier molecular flexibility index (Phi) is 6.10. The predicted molar refractivity (Wildman–Crippen MR) is 122 cm³/mol. The number of carbonyl (C=O) groups is 1. The van der Waals surface area contributed by atoms with E-state index in [9.17, 15) is 4.79 Å². The Morgan fingerprint density at radius 2 is 2.00 bits per heavy atom. The second-order valence-electron chi connectivity index (χ2n) is 6.36. The Morgan fingerprint density at radius 1 is 1.13 bits per heavy atom. The Bertz CT molecular complexity index is 1180. The highest BCUT2D eigenvalue weighted by atomic mass is 32.2. The second-order valence-corrected chi connectivity index (χ2v) is 8.92. The summed E-state index contributed by atoms with van der Waals surface area (Å²) in [4.78, 5) is 17.0. The van der Waals surface area contributed by atoms with Gasteiger partial charge >= 0.3 is 0 Å². The van der Waals surface area contributed by atoms with Crippen molar-refractivity contribution in [3.8, 4) is 5.75 Å². The number of methoxy groups -OCH3 is 1. The summed E-state index contributed by atoms with van der Waals surface area (Å²) in [6.07, 6.45) is 1.74. The molecule has 30 heavy (non-hydrogen) atoms. The smallest absolute Gasteiger partial charge is 0.237 e. The molecule has 1 amide bonds. The van der Waals surface area contributed by atoms with Crippen molar-refractivity contribution in [2.45, 2.75) is 16.5 Å². The van der Waals surface area contributed by atoms with Crippen LogP contribution in [0, 0.1) is 0 Å². The topological polar surface area (TPSA) is 89.0 Å². The van der Waals surface area contributed by atoms with E-state index in [-0.39, 0.29) is 11.2 Å². The average molecular weight is 438 g/mol. The van der Waals surface area contributed by atoms with Gasteiger partial charge in [-0.15, -0.1) is 10.2 Å². The highest BCUT2D eigenvalue weighted by Crippen LogP contribution is 2.32. The number of rotatable bonds is 7. The molecule has 0 aliphatic carbocycles. The van der Waals surface area contributed by atoms with Gasteiger partial charge in [-0.3, -0.25) is 9.78 Å². The molecule has 2 aromatic heterocycles. The quantitative estimate of drug-likeness (QED) is 0.395. The number of nitrogens with zero attached hydrogens (tertiary/aromatic N) is 3. The number of anilines is 3. The van der Waals surface area contributed by atoms with Crippen LogP contribution in [0.3, 0.4) is 0 Å². The van der Waals surface area contributed by atoms with Crippen LogP contribution in [0.2, 0.25) is 0 Å². The number of thioether (sulfide) groups is 1. The first-order valence-corrected chi connectivity index (χ1v) is 10.9. The van der Waals surface area contributed by atoms with E-state index >= 15 is 0 Å². The van der Waals surface area contributed by atoms with Crippen molar-refractivity contribution in [3.05, 3.63) is 60.8 Å². The molecular formula is C21H19N5O2S2. The maximum absolute atomic E-state index is 12.7. The van der Waals surface area contributed by atoms with Crippen molar-refractivity contribution < 1.29 is 9.53 Å². The Morgan fingerprint density at radius 3 is 2.87 bits per heavy atom. The second kappa shape index (κ2) is 9.10. The zero-order valence-corrected chi connectivity index (χ0v) is 18.0. The molecular weight excluding hydrogens is 418 g/mol. The van der Waals surface area contributed by atoms with Crippen LogP contribution in [0.1, 0.15) is 6.92 Å². The summed E-state index contributed by atoms with van der Waals surface area (Å²) in [6.45, 7) is 1.85. The van der Waals surface area contributed by atoms with E-state index in [0.29, 0.717) is 9.47 Å². The Balaban J connectivity index is 1.40. The molecule has 2 N–H and O–H groups in total. The zero-order chi connectivity index (χ0) is 20.9. The normalized spacial score (nSPS) is 11.8. The third kappa shape index (κ3) is 4.69.